The Kier molecular flexibility index (Phi) is 2.00. The average molecular weight is 176 g/mol. The molecular formula is C10H12N2O. The molecule has 0 aliphatic carbocycles. The van der Waals surface area contributed by atoms with Gasteiger partial charge in [-0.1, -0.05) is 0 Å². The van der Waals surface area contributed by atoms with Gasteiger partial charge in [-0.05, 0) is 18.6 Å². The first-order valence-electron chi connectivity index (χ1n) is 4.44. The van der Waals surface area contributed by atoms with Crippen LogP contribution in [0.15, 0.2) is 18.5 Å². The average Bonchev–Trinajstić information content (AvgIpc) is 2.52. The summed E-state index contributed by atoms with van der Waals surface area (Å²) in [6.07, 6.45) is 4.31. The van der Waals surface area contributed by atoms with Crippen molar-refractivity contribution in [1.82, 2.24) is 4.98 Å². The van der Waals surface area contributed by atoms with Crippen LogP contribution in [0.2, 0.25) is 0 Å². The molecule has 1 aromatic rings. The van der Waals surface area contributed by atoms with E-state index in [2.05, 4.69) is 16.0 Å². The van der Waals surface area contributed by atoms with Crippen LogP contribution in [0.4, 0.5) is 5.69 Å². The molecular weight excluding hydrogens is 164 g/mol. The van der Waals surface area contributed by atoms with Crippen LogP contribution in [0, 0.1) is 6.92 Å². The number of carbonyl (C=O) groups excluding carboxylic acids is 1. The highest BCUT2D eigenvalue weighted by Crippen LogP contribution is 2.17. The lowest BCUT2D eigenvalue weighted by atomic mass is 10.3. The van der Waals surface area contributed by atoms with E-state index in [-0.39, 0.29) is 0 Å². The molecule has 13 heavy (non-hydrogen) atoms. The minimum atomic E-state index is 0.321. The molecule has 3 heteroatoms. The van der Waals surface area contributed by atoms with E-state index in [1.165, 1.54) is 0 Å². The van der Waals surface area contributed by atoms with Gasteiger partial charge in [-0.2, -0.15) is 0 Å². The van der Waals surface area contributed by atoms with Crippen LogP contribution < -0.4 is 4.90 Å². The Morgan fingerprint density at radius 1 is 1.46 bits per heavy atom. The van der Waals surface area contributed by atoms with E-state index < -0.39 is 0 Å². The second-order valence-corrected chi connectivity index (χ2v) is 3.43. The second-order valence-electron chi connectivity index (χ2n) is 3.43. The van der Waals surface area contributed by atoms with Crippen molar-refractivity contribution in [2.75, 3.05) is 18.0 Å². The van der Waals surface area contributed by atoms with Gasteiger partial charge in [0.15, 0.2) is 5.78 Å². The Morgan fingerprint density at radius 3 is 2.92 bits per heavy atom. The summed E-state index contributed by atoms with van der Waals surface area (Å²) in [6, 6.07) is 2.06. The molecule has 0 saturated carbocycles. The number of anilines is 1. The summed E-state index contributed by atoms with van der Waals surface area (Å²) in [5.74, 6) is 0.321. The lowest BCUT2D eigenvalue weighted by Crippen LogP contribution is -2.19. The van der Waals surface area contributed by atoms with Crippen LogP contribution in [-0.2, 0) is 4.79 Å². The van der Waals surface area contributed by atoms with Crippen molar-refractivity contribution >= 4 is 11.5 Å². The van der Waals surface area contributed by atoms with Crippen molar-refractivity contribution in [2.45, 2.75) is 13.3 Å². The number of aryl methyl sites for hydroxylation is 1. The molecule has 3 nitrogen and oxygen atoms in total. The monoisotopic (exact) mass is 176 g/mol. The third-order valence-electron chi connectivity index (χ3n) is 2.25. The minimum Gasteiger partial charge on any atom is -0.363 e. The van der Waals surface area contributed by atoms with Gasteiger partial charge in [-0.3, -0.25) is 9.78 Å². The Bertz CT molecular complexity index is 335. The van der Waals surface area contributed by atoms with Gasteiger partial charge in [-0.25, -0.2) is 0 Å². The standard InChI is InChI=1S/C10H12N2O/c1-8-4-9(6-11-5-8)12-3-2-10(13)7-12/h4-6H,2-3,7H2,1H3. The molecule has 1 aromatic heterocycles. The predicted octanol–water partition coefficient (Wildman–Crippen LogP) is 1.17. The van der Waals surface area contributed by atoms with Gasteiger partial charge in [-0.15, -0.1) is 0 Å². The summed E-state index contributed by atoms with van der Waals surface area (Å²) in [6.45, 7) is 3.39. The molecule has 1 fully saturated rings. The predicted molar refractivity (Wildman–Crippen MR) is 50.8 cm³/mol. The number of Topliss-reactive ketones (excluding diaryl/α,β-unsaturated/α-hetero) is 1. The highest BCUT2D eigenvalue weighted by molar-refractivity contribution is 5.87. The summed E-state index contributed by atoms with van der Waals surface area (Å²) >= 11 is 0. The summed E-state index contributed by atoms with van der Waals surface area (Å²) in [7, 11) is 0. The third-order valence-corrected chi connectivity index (χ3v) is 2.25. The highest BCUT2D eigenvalue weighted by Gasteiger charge is 2.19. The summed E-state index contributed by atoms with van der Waals surface area (Å²) in [5, 5.41) is 0. The van der Waals surface area contributed by atoms with Crippen molar-refractivity contribution in [3.8, 4) is 0 Å². The topological polar surface area (TPSA) is 33.2 Å². The maximum atomic E-state index is 11.0. The lowest BCUT2D eigenvalue weighted by molar-refractivity contribution is -0.116. The summed E-state index contributed by atoms with van der Waals surface area (Å²) in [5.41, 5.74) is 2.20. The van der Waals surface area contributed by atoms with E-state index in [0.29, 0.717) is 18.7 Å². The molecule has 0 atom stereocenters. The number of nitrogens with zero attached hydrogens (tertiary/aromatic N) is 2. The van der Waals surface area contributed by atoms with Crippen molar-refractivity contribution < 1.29 is 4.79 Å². The zero-order valence-corrected chi connectivity index (χ0v) is 7.66. The van der Waals surface area contributed by atoms with E-state index in [1.54, 1.807) is 0 Å². The molecule has 1 aliphatic heterocycles. The van der Waals surface area contributed by atoms with Gasteiger partial charge in [0.05, 0.1) is 18.4 Å². The van der Waals surface area contributed by atoms with E-state index >= 15 is 0 Å². The van der Waals surface area contributed by atoms with Crippen molar-refractivity contribution in [1.29, 1.82) is 0 Å². The van der Waals surface area contributed by atoms with Crippen molar-refractivity contribution in [3.63, 3.8) is 0 Å². The smallest absolute Gasteiger partial charge is 0.153 e. The fourth-order valence-electron chi connectivity index (χ4n) is 1.56. The van der Waals surface area contributed by atoms with Gasteiger partial charge >= 0.3 is 0 Å². The van der Waals surface area contributed by atoms with Crippen LogP contribution in [0.25, 0.3) is 0 Å². The van der Waals surface area contributed by atoms with E-state index in [1.807, 2.05) is 19.3 Å². The number of hydrogen-bond donors (Lipinski definition) is 0. The van der Waals surface area contributed by atoms with E-state index in [4.69, 9.17) is 0 Å². The van der Waals surface area contributed by atoms with Crippen molar-refractivity contribution in [3.05, 3.63) is 24.0 Å². The van der Waals surface area contributed by atoms with Crippen molar-refractivity contribution in [2.24, 2.45) is 0 Å². The first-order valence-corrected chi connectivity index (χ1v) is 4.44. The zero-order valence-electron chi connectivity index (χ0n) is 7.66. The maximum Gasteiger partial charge on any atom is 0.153 e. The summed E-state index contributed by atoms with van der Waals surface area (Å²) < 4.78 is 0. The molecule has 1 aliphatic rings. The number of pyridine rings is 1. The van der Waals surface area contributed by atoms with Crippen LogP contribution in [0.3, 0.4) is 0 Å². The molecule has 0 amide bonds. The Balaban J connectivity index is 2.21. The molecule has 0 spiro atoms. The van der Waals surface area contributed by atoms with Crippen LogP contribution >= 0.6 is 0 Å². The first-order chi connectivity index (χ1) is 6.25. The lowest BCUT2D eigenvalue weighted by Gasteiger charge is -2.15. The first kappa shape index (κ1) is 8.23. The number of hydrogen-bond acceptors (Lipinski definition) is 3. The van der Waals surface area contributed by atoms with E-state index in [9.17, 15) is 4.79 Å². The zero-order chi connectivity index (χ0) is 9.26. The second kappa shape index (κ2) is 3.17. The molecule has 1 saturated heterocycles. The van der Waals surface area contributed by atoms with Gasteiger partial charge in [0.2, 0.25) is 0 Å². The van der Waals surface area contributed by atoms with Gasteiger partial charge < -0.3 is 4.90 Å². The Morgan fingerprint density at radius 2 is 2.31 bits per heavy atom. The molecule has 68 valence electrons. The Labute approximate surface area is 77.4 Å². The highest BCUT2D eigenvalue weighted by atomic mass is 16.1. The molecule has 2 rings (SSSR count). The fourth-order valence-corrected chi connectivity index (χ4v) is 1.56. The SMILES string of the molecule is Cc1cncc(N2CCC(=O)C2)c1. The van der Waals surface area contributed by atoms with Crippen LogP contribution in [-0.4, -0.2) is 23.9 Å². The minimum absolute atomic E-state index is 0.321. The molecule has 0 bridgehead atoms. The number of aromatic nitrogens is 1. The largest absolute Gasteiger partial charge is 0.363 e. The number of ketones is 1. The summed E-state index contributed by atoms with van der Waals surface area (Å²) in [4.78, 5) is 17.2. The molecule has 0 N–H and O–H groups in total. The van der Waals surface area contributed by atoms with Crippen LogP contribution in [0.1, 0.15) is 12.0 Å². The molecule has 0 radical (unpaired) electrons. The van der Waals surface area contributed by atoms with Crippen LogP contribution in [0.5, 0.6) is 0 Å². The third kappa shape index (κ3) is 1.69. The molecule has 0 aromatic carbocycles. The van der Waals surface area contributed by atoms with Gasteiger partial charge in [0, 0.05) is 19.2 Å². The number of rotatable bonds is 1. The van der Waals surface area contributed by atoms with Gasteiger partial charge in [0.1, 0.15) is 0 Å². The normalized spacial score (nSPS) is 16.7. The van der Waals surface area contributed by atoms with Gasteiger partial charge in [0.25, 0.3) is 0 Å². The number of carbonyl (C=O) groups is 1. The fraction of sp³-hybridized carbons (Fsp3) is 0.400. The molecule has 0 unspecified atom stereocenters. The molecule has 2 heterocycles. The van der Waals surface area contributed by atoms with E-state index in [0.717, 1.165) is 17.8 Å². The Hall–Kier alpha value is -1.38. The quantitative estimate of drug-likeness (QED) is 0.644. The maximum absolute atomic E-state index is 11.0.